The third kappa shape index (κ3) is 4.58. The molecule has 1 heterocycles. The second kappa shape index (κ2) is 6.53. The van der Waals surface area contributed by atoms with Crippen LogP contribution in [0, 0.1) is 11.3 Å². The molecule has 0 radical (unpaired) electrons. The van der Waals surface area contributed by atoms with Gasteiger partial charge < -0.3 is 4.90 Å². The summed E-state index contributed by atoms with van der Waals surface area (Å²) in [6.45, 7) is 11.5. The van der Waals surface area contributed by atoms with Gasteiger partial charge in [0.2, 0.25) is 5.91 Å². The Bertz CT molecular complexity index is 265. The maximum absolute atomic E-state index is 11.1. The van der Waals surface area contributed by atoms with E-state index in [-0.39, 0.29) is 5.91 Å². The first-order valence-corrected chi connectivity index (χ1v) is 7.08. The quantitative estimate of drug-likeness (QED) is 0.458. The summed E-state index contributed by atoms with van der Waals surface area (Å²) < 4.78 is 0. The fourth-order valence-corrected chi connectivity index (χ4v) is 2.80. The molecule has 3 N–H and O–H groups in total. The monoisotopic (exact) mass is 255 g/mol. The minimum absolute atomic E-state index is 0.0635. The lowest BCUT2D eigenvalue weighted by atomic mass is 9.75. The van der Waals surface area contributed by atoms with Crippen LogP contribution in [0.2, 0.25) is 0 Å². The SMILES string of the molecule is CC(CCC(=O)NN)N1CCC(C(C)(C)C)CC1. The van der Waals surface area contributed by atoms with Crippen molar-refractivity contribution in [3.8, 4) is 0 Å². The lowest BCUT2D eigenvalue weighted by molar-refractivity contribution is -0.121. The van der Waals surface area contributed by atoms with Crippen molar-refractivity contribution in [1.29, 1.82) is 0 Å². The third-order valence-electron chi connectivity index (χ3n) is 4.33. The number of piperidine rings is 1. The summed E-state index contributed by atoms with van der Waals surface area (Å²) in [4.78, 5) is 13.6. The smallest absolute Gasteiger partial charge is 0.233 e. The summed E-state index contributed by atoms with van der Waals surface area (Å²) >= 11 is 0. The first kappa shape index (κ1) is 15.4. The first-order chi connectivity index (χ1) is 8.34. The van der Waals surface area contributed by atoms with Crippen LogP contribution in [0.1, 0.15) is 53.4 Å². The van der Waals surface area contributed by atoms with E-state index in [4.69, 9.17) is 5.84 Å². The van der Waals surface area contributed by atoms with Crippen LogP contribution in [0.15, 0.2) is 0 Å². The molecular formula is C14H29N3O. The Balaban J connectivity index is 2.32. The van der Waals surface area contributed by atoms with Gasteiger partial charge in [-0.1, -0.05) is 20.8 Å². The van der Waals surface area contributed by atoms with Crippen molar-refractivity contribution >= 4 is 5.91 Å². The van der Waals surface area contributed by atoms with Gasteiger partial charge in [-0.25, -0.2) is 5.84 Å². The molecule has 4 nitrogen and oxygen atoms in total. The number of hydrogen-bond donors (Lipinski definition) is 2. The molecule has 1 aliphatic rings. The molecule has 1 unspecified atom stereocenters. The second-order valence-corrected chi connectivity index (χ2v) is 6.63. The number of carbonyl (C=O) groups is 1. The van der Waals surface area contributed by atoms with Crippen LogP contribution in [0.5, 0.6) is 0 Å². The molecule has 0 aromatic carbocycles. The molecule has 0 saturated carbocycles. The normalized spacial score (nSPS) is 20.7. The van der Waals surface area contributed by atoms with Gasteiger partial charge in [0, 0.05) is 12.5 Å². The molecule has 0 aromatic heterocycles. The van der Waals surface area contributed by atoms with Crippen molar-refractivity contribution in [3.63, 3.8) is 0 Å². The topological polar surface area (TPSA) is 58.4 Å². The minimum Gasteiger partial charge on any atom is -0.301 e. The summed E-state index contributed by atoms with van der Waals surface area (Å²) in [5.74, 6) is 5.85. The Morgan fingerprint density at radius 1 is 1.39 bits per heavy atom. The van der Waals surface area contributed by atoms with Crippen LogP contribution < -0.4 is 11.3 Å². The number of carbonyl (C=O) groups excluding carboxylic acids is 1. The molecule has 1 rings (SSSR count). The van der Waals surface area contributed by atoms with Crippen LogP contribution in [0.3, 0.4) is 0 Å². The van der Waals surface area contributed by atoms with Crippen LogP contribution in [0.4, 0.5) is 0 Å². The van der Waals surface area contributed by atoms with Gasteiger partial charge >= 0.3 is 0 Å². The van der Waals surface area contributed by atoms with Gasteiger partial charge in [-0.05, 0) is 50.6 Å². The molecule has 4 heteroatoms. The van der Waals surface area contributed by atoms with Crippen LogP contribution in [-0.2, 0) is 4.79 Å². The van der Waals surface area contributed by atoms with E-state index in [1.165, 1.54) is 12.8 Å². The van der Waals surface area contributed by atoms with Crippen molar-refractivity contribution < 1.29 is 4.79 Å². The van der Waals surface area contributed by atoms with Crippen molar-refractivity contribution in [2.24, 2.45) is 17.2 Å². The summed E-state index contributed by atoms with van der Waals surface area (Å²) in [6.07, 6.45) is 3.97. The van der Waals surface area contributed by atoms with Gasteiger partial charge in [-0.3, -0.25) is 10.2 Å². The zero-order valence-electron chi connectivity index (χ0n) is 12.3. The lowest BCUT2D eigenvalue weighted by Crippen LogP contribution is -2.43. The zero-order valence-corrected chi connectivity index (χ0v) is 12.3. The van der Waals surface area contributed by atoms with E-state index >= 15 is 0 Å². The predicted octanol–water partition coefficient (Wildman–Crippen LogP) is 1.90. The Kier molecular flexibility index (Phi) is 5.60. The minimum atomic E-state index is -0.0635. The van der Waals surface area contributed by atoms with Crippen LogP contribution in [-0.4, -0.2) is 29.9 Å². The van der Waals surface area contributed by atoms with Crippen molar-refractivity contribution in [2.45, 2.75) is 59.4 Å². The maximum atomic E-state index is 11.1. The fourth-order valence-electron chi connectivity index (χ4n) is 2.80. The average Bonchev–Trinajstić information content (AvgIpc) is 2.34. The molecular weight excluding hydrogens is 226 g/mol. The Hall–Kier alpha value is -0.610. The number of rotatable bonds is 4. The van der Waals surface area contributed by atoms with E-state index in [1.54, 1.807) is 0 Å². The molecule has 1 atom stereocenters. The number of hydrogen-bond acceptors (Lipinski definition) is 3. The van der Waals surface area contributed by atoms with E-state index in [2.05, 4.69) is 38.0 Å². The molecule has 1 saturated heterocycles. The molecule has 0 aliphatic carbocycles. The third-order valence-corrected chi connectivity index (χ3v) is 4.33. The van der Waals surface area contributed by atoms with Gasteiger partial charge in [0.05, 0.1) is 0 Å². The average molecular weight is 255 g/mol. The molecule has 0 aromatic rings. The number of nitrogens with two attached hydrogens (primary N) is 1. The van der Waals surface area contributed by atoms with Crippen molar-refractivity contribution in [2.75, 3.05) is 13.1 Å². The molecule has 0 bridgehead atoms. The zero-order chi connectivity index (χ0) is 13.8. The first-order valence-electron chi connectivity index (χ1n) is 7.08. The molecule has 1 amide bonds. The number of likely N-dealkylation sites (tertiary alicyclic amines) is 1. The van der Waals surface area contributed by atoms with Gasteiger partial charge in [0.1, 0.15) is 0 Å². The highest BCUT2D eigenvalue weighted by Crippen LogP contribution is 2.34. The van der Waals surface area contributed by atoms with Gasteiger partial charge in [-0.15, -0.1) is 0 Å². The van der Waals surface area contributed by atoms with Gasteiger partial charge in [0.25, 0.3) is 0 Å². The molecule has 1 fully saturated rings. The maximum Gasteiger partial charge on any atom is 0.233 e. The van der Waals surface area contributed by atoms with Gasteiger partial charge in [-0.2, -0.15) is 0 Å². The highest BCUT2D eigenvalue weighted by molar-refractivity contribution is 5.75. The standard InChI is InChI=1S/C14H29N3O/c1-11(5-6-13(18)16-15)17-9-7-12(8-10-17)14(2,3)4/h11-12H,5-10,15H2,1-4H3,(H,16,18). The predicted molar refractivity (Wildman–Crippen MR) is 74.8 cm³/mol. The number of hydrazine groups is 1. The highest BCUT2D eigenvalue weighted by Gasteiger charge is 2.30. The Labute approximate surface area is 111 Å². The number of nitrogens with zero attached hydrogens (tertiary/aromatic N) is 1. The van der Waals surface area contributed by atoms with Crippen LogP contribution >= 0.6 is 0 Å². The fraction of sp³-hybridized carbons (Fsp3) is 0.929. The van der Waals surface area contributed by atoms with E-state index in [1.807, 2.05) is 0 Å². The Morgan fingerprint density at radius 3 is 2.39 bits per heavy atom. The molecule has 106 valence electrons. The van der Waals surface area contributed by atoms with Gasteiger partial charge in [0.15, 0.2) is 0 Å². The summed E-state index contributed by atoms with van der Waals surface area (Å²) in [6, 6.07) is 0.475. The summed E-state index contributed by atoms with van der Waals surface area (Å²) in [5.41, 5.74) is 2.62. The summed E-state index contributed by atoms with van der Waals surface area (Å²) in [7, 11) is 0. The molecule has 0 spiro atoms. The molecule has 18 heavy (non-hydrogen) atoms. The van der Waals surface area contributed by atoms with E-state index in [0.29, 0.717) is 17.9 Å². The lowest BCUT2D eigenvalue weighted by Gasteiger charge is -2.41. The van der Waals surface area contributed by atoms with E-state index in [9.17, 15) is 4.79 Å². The van der Waals surface area contributed by atoms with Crippen molar-refractivity contribution in [3.05, 3.63) is 0 Å². The second-order valence-electron chi connectivity index (χ2n) is 6.63. The van der Waals surface area contributed by atoms with E-state index in [0.717, 1.165) is 25.4 Å². The highest BCUT2D eigenvalue weighted by atomic mass is 16.2. The number of nitrogens with one attached hydrogen (secondary N) is 1. The largest absolute Gasteiger partial charge is 0.301 e. The Morgan fingerprint density at radius 2 is 1.94 bits per heavy atom. The van der Waals surface area contributed by atoms with E-state index < -0.39 is 0 Å². The van der Waals surface area contributed by atoms with Crippen LogP contribution in [0.25, 0.3) is 0 Å². The van der Waals surface area contributed by atoms with Crippen molar-refractivity contribution in [1.82, 2.24) is 10.3 Å². The molecule has 1 aliphatic heterocycles. The summed E-state index contributed by atoms with van der Waals surface area (Å²) in [5, 5.41) is 0. The number of amides is 1.